The minimum absolute atomic E-state index is 0.0686. The summed E-state index contributed by atoms with van der Waals surface area (Å²) in [6, 6.07) is 7.06. The Bertz CT molecular complexity index is 546. The van der Waals surface area contributed by atoms with E-state index in [1.165, 1.54) is 7.05 Å². The molecule has 1 aromatic rings. The molecule has 2 rings (SSSR count). The van der Waals surface area contributed by atoms with Gasteiger partial charge in [0.25, 0.3) is 0 Å². The number of ether oxygens (including phenoxy) is 1. The second-order valence-corrected chi connectivity index (χ2v) is 6.53. The molecule has 1 aliphatic heterocycles. The van der Waals surface area contributed by atoms with E-state index in [2.05, 4.69) is 14.9 Å². The highest BCUT2D eigenvalue weighted by molar-refractivity contribution is 7.89. The van der Waals surface area contributed by atoms with E-state index in [0.717, 1.165) is 12.2 Å². The zero-order valence-corrected chi connectivity index (χ0v) is 12.6. The van der Waals surface area contributed by atoms with Gasteiger partial charge in [-0.25, -0.2) is 13.1 Å². The van der Waals surface area contributed by atoms with E-state index >= 15 is 0 Å². The minimum Gasteiger partial charge on any atom is -0.373 e. The van der Waals surface area contributed by atoms with Crippen molar-refractivity contribution in [1.82, 2.24) is 10.0 Å². The van der Waals surface area contributed by atoms with Crippen molar-refractivity contribution in [1.29, 1.82) is 0 Å². The van der Waals surface area contributed by atoms with Crippen LogP contribution in [0, 0.1) is 0 Å². The van der Waals surface area contributed by atoms with E-state index in [9.17, 15) is 8.42 Å². The van der Waals surface area contributed by atoms with Gasteiger partial charge >= 0.3 is 0 Å². The summed E-state index contributed by atoms with van der Waals surface area (Å²) in [6.45, 7) is 2.71. The molecule has 1 saturated heterocycles. The zero-order chi connectivity index (χ0) is 14.6. The third kappa shape index (κ3) is 3.29. The van der Waals surface area contributed by atoms with Crippen LogP contribution in [0.15, 0.2) is 29.2 Å². The fourth-order valence-corrected chi connectivity index (χ4v) is 3.30. The first-order valence-electron chi connectivity index (χ1n) is 6.62. The Hall–Kier alpha value is -1.15. The molecule has 0 amide bonds. The second-order valence-electron chi connectivity index (χ2n) is 4.67. The van der Waals surface area contributed by atoms with Crippen LogP contribution in [0.5, 0.6) is 0 Å². The Morgan fingerprint density at radius 3 is 2.80 bits per heavy atom. The molecule has 20 heavy (non-hydrogen) atoms. The van der Waals surface area contributed by atoms with E-state index < -0.39 is 10.0 Å². The van der Waals surface area contributed by atoms with Crippen LogP contribution in [-0.4, -0.2) is 54.9 Å². The molecule has 1 aromatic carbocycles. The maximum Gasteiger partial charge on any atom is 0.242 e. The molecule has 0 aromatic heterocycles. The van der Waals surface area contributed by atoms with Crippen LogP contribution >= 0.6 is 0 Å². The van der Waals surface area contributed by atoms with Gasteiger partial charge in [0.15, 0.2) is 0 Å². The van der Waals surface area contributed by atoms with Crippen molar-refractivity contribution >= 4 is 15.7 Å². The first kappa shape index (κ1) is 15.2. The highest BCUT2D eigenvalue weighted by Gasteiger charge is 2.25. The number of sulfonamides is 1. The molecule has 0 radical (unpaired) electrons. The van der Waals surface area contributed by atoms with Crippen molar-refractivity contribution in [3.05, 3.63) is 24.3 Å². The molecule has 0 saturated carbocycles. The Morgan fingerprint density at radius 2 is 2.10 bits per heavy atom. The Labute approximate surface area is 120 Å². The molecule has 1 aliphatic rings. The number of benzene rings is 1. The van der Waals surface area contributed by atoms with Gasteiger partial charge in [0.2, 0.25) is 10.0 Å². The molecule has 0 bridgehead atoms. The normalized spacial score (nSPS) is 20.1. The third-order valence-corrected chi connectivity index (χ3v) is 4.80. The average molecular weight is 299 g/mol. The zero-order valence-electron chi connectivity index (χ0n) is 11.8. The number of rotatable bonds is 5. The van der Waals surface area contributed by atoms with Crippen molar-refractivity contribution in [3.63, 3.8) is 0 Å². The lowest BCUT2D eigenvalue weighted by atomic mass is 10.2. The highest BCUT2D eigenvalue weighted by atomic mass is 32.2. The van der Waals surface area contributed by atoms with Gasteiger partial charge < -0.3 is 15.0 Å². The summed E-state index contributed by atoms with van der Waals surface area (Å²) < 4.78 is 32.2. The molecular weight excluding hydrogens is 278 g/mol. The SMILES string of the molecule is CNCC1CN(c2ccccc2S(=O)(=O)NC)CCO1. The van der Waals surface area contributed by atoms with E-state index in [1.807, 2.05) is 19.2 Å². The highest BCUT2D eigenvalue weighted by Crippen LogP contribution is 2.26. The van der Waals surface area contributed by atoms with E-state index in [1.54, 1.807) is 12.1 Å². The standard InChI is InChI=1S/C13H21N3O3S/c1-14-9-11-10-16(7-8-19-11)12-5-3-4-6-13(12)20(17,18)15-2/h3-6,11,14-15H,7-10H2,1-2H3. The molecule has 1 heterocycles. The number of hydrogen-bond donors (Lipinski definition) is 2. The lowest BCUT2D eigenvalue weighted by molar-refractivity contribution is 0.0420. The van der Waals surface area contributed by atoms with Crippen molar-refractivity contribution in [2.45, 2.75) is 11.0 Å². The third-order valence-electron chi connectivity index (χ3n) is 3.33. The molecule has 1 fully saturated rings. The van der Waals surface area contributed by atoms with Crippen LogP contribution in [-0.2, 0) is 14.8 Å². The van der Waals surface area contributed by atoms with Crippen molar-refractivity contribution in [2.75, 3.05) is 45.2 Å². The summed E-state index contributed by atoms with van der Waals surface area (Å²) >= 11 is 0. The molecule has 7 heteroatoms. The van der Waals surface area contributed by atoms with Gasteiger partial charge in [-0.15, -0.1) is 0 Å². The largest absolute Gasteiger partial charge is 0.373 e. The lowest BCUT2D eigenvalue weighted by Crippen LogP contribution is -2.46. The summed E-state index contributed by atoms with van der Waals surface area (Å²) in [7, 11) is -0.154. The van der Waals surface area contributed by atoms with Crippen LogP contribution in [0.25, 0.3) is 0 Å². The second kappa shape index (κ2) is 6.53. The van der Waals surface area contributed by atoms with Gasteiger partial charge in [-0.05, 0) is 26.2 Å². The molecule has 1 unspecified atom stereocenters. The Kier molecular flexibility index (Phi) is 4.98. The van der Waals surface area contributed by atoms with Gasteiger partial charge in [-0.2, -0.15) is 0 Å². The molecule has 6 nitrogen and oxygen atoms in total. The van der Waals surface area contributed by atoms with Gasteiger partial charge in [-0.1, -0.05) is 12.1 Å². The van der Waals surface area contributed by atoms with Gasteiger partial charge in [0.05, 0.1) is 18.4 Å². The summed E-state index contributed by atoms with van der Waals surface area (Å²) in [5, 5.41) is 3.08. The fourth-order valence-electron chi connectivity index (χ4n) is 2.34. The first-order chi connectivity index (χ1) is 9.58. The maximum atomic E-state index is 12.1. The molecule has 0 aliphatic carbocycles. The van der Waals surface area contributed by atoms with Gasteiger partial charge in [-0.3, -0.25) is 0 Å². The maximum absolute atomic E-state index is 12.1. The molecule has 1 atom stereocenters. The minimum atomic E-state index is -3.46. The smallest absolute Gasteiger partial charge is 0.242 e. The summed E-state index contributed by atoms with van der Waals surface area (Å²) in [5.41, 5.74) is 0.728. The van der Waals surface area contributed by atoms with Crippen molar-refractivity contribution in [3.8, 4) is 0 Å². The average Bonchev–Trinajstić information content (AvgIpc) is 2.48. The molecule has 0 spiro atoms. The number of likely N-dealkylation sites (N-methyl/N-ethyl adjacent to an activating group) is 1. The monoisotopic (exact) mass is 299 g/mol. The van der Waals surface area contributed by atoms with Crippen LogP contribution in [0.4, 0.5) is 5.69 Å². The lowest BCUT2D eigenvalue weighted by Gasteiger charge is -2.35. The summed E-state index contributed by atoms with van der Waals surface area (Å²) in [4.78, 5) is 2.38. The predicted octanol–water partition coefficient (Wildman–Crippen LogP) is 0.0193. The number of nitrogens with one attached hydrogen (secondary N) is 2. The fraction of sp³-hybridized carbons (Fsp3) is 0.538. The van der Waals surface area contributed by atoms with E-state index in [4.69, 9.17) is 4.74 Å². The number of nitrogens with zero attached hydrogens (tertiary/aromatic N) is 1. The van der Waals surface area contributed by atoms with Crippen LogP contribution in [0.1, 0.15) is 0 Å². The van der Waals surface area contributed by atoms with Crippen molar-refractivity contribution < 1.29 is 13.2 Å². The number of para-hydroxylation sites is 1. The molecule has 2 N–H and O–H groups in total. The Balaban J connectivity index is 2.29. The van der Waals surface area contributed by atoms with Crippen LogP contribution < -0.4 is 14.9 Å². The van der Waals surface area contributed by atoms with Gasteiger partial charge in [0, 0.05) is 19.6 Å². The number of anilines is 1. The van der Waals surface area contributed by atoms with Crippen LogP contribution in [0.2, 0.25) is 0 Å². The molecular formula is C13H21N3O3S. The quantitative estimate of drug-likeness (QED) is 0.802. The first-order valence-corrected chi connectivity index (χ1v) is 8.10. The van der Waals surface area contributed by atoms with E-state index in [-0.39, 0.29) is 6.10 Å². The van der Waals surface area contributed by atoms with Crippen LogP contribution in [0.3, 0.4) is 0 Å². The van der Waals surface area contributed by atoms with Crippen molar-refractivity contribution in [2.24, 2.45) is 0 Å². The summed E-state index contributed by atoms with van der Waals surface area (Å²) in [5.74, 6) is 0. The predicted molar refractivity (Wildman–Crippen MR) is 78.6 cm³/mol. The number of morpholine rings is 1. The van der Waals surface area contributed by atoms with E-state index in [0.29, 0.717) is 24.6 Å². The Morgan fingerprint density at radius 1 is 1.35 bits per heavy atom. The number of hydrogen-bond acceptors (Lipinski definition) is 5. The topological polar surface area (TPSA) is 70.7 Å². The summed E-state index contributed by atoms with van der Waals surface area (Å²) in [6.07, 6.45) is 0.0686. The molecule has 112 valence electrons. The van der Waals surface area contributed by atoms with Gasteiger partial charge in [0.1, 0.15) is 4.90 Å².